The molecule has 1 aromatic rings. The van der Waals surface area contributed by atoms with Crippen LogP contribution in [0.4, 0.5) is 5.13 Å². The fourth-order valence-electron chi connectivity index (χ4n) is 1.47. The summed E-state index contributed by atoms with van der Waals surface area (Å²) in [5, 5.41) is 26.9. The first kappa shape index (κ1) is 15.4. The van der Waals surface area contributed by atoms with Crippen molar-refractivity contribution in [2.45, 2.75) is 32.6 Å². The molecular weight excluding hydrogens is 270 g/mol. The lowest BCUT2D eigenvalue weighted by atomic mass is 10.3. The molecule has 0 bridgehead atoms. The van der Waals surface area contributed by atoms with Crippen LogP contribution < -0.4 is 4.90 Å². The van der Waals surface area contributed by atoms with E-state index in [1.807, 2.05) is 6.92 Å². The molecule has 2 N–H and O–H groups in total. The van der Waals surface area contributed by atoms with Gasteiger partial charge in [-0.25, -0.2) is 0 Å². The molecule has 0 saturated heterocycles. The van der Waals surface area contributed by atoms with Crippen molar-refractivity contribution in [3.05, 3.63) is 5.01 Å². The molecule has 0 aromatic carbocycles. The van der Waals surface area contributed by atoms with E-state index in [1.165, 1.54) is 11.3 Å². The van der Waals surface area contributed by atoms with Crippen molar-refractivity contribution in [1.29, 1.82) is 0 Å². The molecule has 1 rings (SSSR count). The fraction of sp³-hybridized carbons (Fsp3) is 0.636. The van der Waals surface area contributed by atoms with Crippen LogP contribution in [-0.2, 0) is 16.0 Å². The number of aliphatic carboxylic acids is 2. The number of aryl methyl sites for hydroxylation is 1. The van der Waals surface area contributed by atoms with Crippen molar-refractivity contribution in [1.82, 2.24) is 10.2 Å². The number of hydrogen-bond donors (Lipinski definition) is 2. The van der Waals surface area contributed by atoms with Gasteiger partial charge in [0.05, 0.1) is 6.42 Å². The van der Waals surface area contributed by atoms with Crippen LogP contribution in [0.25, 0.3) is 0 Å². The average Bonchev–Trinajstić information content (AvgIpc) is 2.81. The van der Waals surface area contributed by atoms with Crippen molar-refractivity contribution in [2.24, 2.45) is 0 Å². The predicted molar refractivity (Wildman–Crippen MR) is 70.6 cm³/mol. The molecule has 0 atom stereocenters. The second-order valence-electron chi connectivity index (χ2n) is 3.96. The largest absolute Gasteiger partial charge is 0.481 e. The van der Waals surface area contributed by atoms with E-state index in [1.54, 1.807) is 4.90 Å². The summed E-state index contributed by atoms with van der Waals surface area (Å²) in [4.78, 5) is 22.9. The predicted octanol–water partition coefficient (Wildman–Crippen LogP) is 1.25. The highest BCUT2D eigenvalue weighted by molar-refractivity contribution is 7.15. The van der Waals surface area contributed by atoms with Crippen molar-refractivity contribution < 1.29 is 19.8 Å². The van der Waals surface area contributed by atoms with Gasteiger partial charge >= 0.3 is 11.9 Å². The van der Waals surface area contributed by atoms with Gasteiger partial charge in [0.2, 0.25) is 5.13 Å². The van der Waals surface area contributed by atoms with Crippen molar-refractivity contribution in [3.8, 4) is 0 Å². The average molecular weight is 287 g/mol. The summed E-state index contributed by atoms with van der Waals surface area (Å²) in [5.74, 6) is -1.74. The van der Waals surface area contributed by atoms with E-state index in [2.05, 4.69) is 10.2 Å². The van der Waals surface area contributed by atoms with Crippen molar-refractivity contribution in [3.63, 3.8) is 0 Å². The van der Waals surface area contributed by atoms with E-state index in [0.29, 0.717) is 24.6 Å². The third-order valence-corrected chi connectivity index (χ3v) is 3.57. The van der Waals surface area contributed by atoms with Gasteiger partial charge in [0, 0.05) is 19.5 Å². The Hall–Kier alpha value is -1.70. The second-order valence-corrected chi connectivity index (χ2v) is 5.00. The molecule has 0 aliphatic carbocycles. The van der Waals surface area contributed by atoms with Crippen LogP contribution >= 0.6 is 11.3 Å². The maximum absolute atomic E-state index is 10.6. The van der Waals surface area contributed by atoms with Crippen LogP contribution in [0.5, 0.6) is 0 Å². The molecule has 0 radical (unpaired) electrons. The minimum atomic E-state index is -0.886. The van der Waals surface area contributed by atoms with E-state index in [4.69, 9.17) is 10.2 Å². The Kier molecular flexibility index (Phi) is 6.20. The molecule has 8 heteroatoms. The lowest BCUT2D eigenvalue weighted by Gasteiger charge is -2.19. The Morgan fingerprint density at radius 2 is 1.84 bits per heavy atom. The third-order valence-electron chi connectivity index (χ3n) is 2.44. The van der Waals surface area contributed by atoms with E-state index in [9.17, 15) is 9.59 Å². The lowest BCUT2D eigenvalue weighted by molar-refractivity contribution is -0.138. The molecule has 0 saturated carbocycles. The zero-order valence-corrected chi connectivity index (χ0v) is 11.5. The van der Waals surface area contributed by atoms with E-state index in [0.717, 1.165) is 11.4 Å². The standard InChI is InChI=1S/C11H17N3O4S/c1-2-8-12-13-11(19-8)14(7-5-10(17)18)6-3-4-9(15)16/h2-7H2,1H3,(H,15,16)(H,17,18). The first-order valence-electron chi connectivity index (χ1n) is 6.03. The van der Waals surface area contributed by atoms with Gasteiger partial charge in [0.25, 0.3) is 0 Å². The number of carboxylic acid groups (broad SMARTS) is 2. The van der Waals surface area contributed by atoms with E-state index >= 15 is 0 Å². The zero-order valence-electron chi connectivity index (χ0n) is 10.7. The molecule has 0 unspecified atom stereocenters. The van der Waals surface area contributed by atoms with E-state index < -0.39 is 11.9 Å². The van der Waals surface area contributed by atoms with Crippen LogP contribution in [0.3, 0.4) is 0 Å². The second kappa shape index (κ2) is 7.67. The summed E-state index contributed by atoms with van der Waals surface area (Å²) in [6.07, 6.45) is 1.28. The highest BCUT2D eigenvalue weighted by Gasteiger charge is 2.14. The minimum Gasteiger partial charge on any atom is -0.481 e. The van der Waals surface area contributed by atoms with Crippen molar-refractivity contribution >= 4 is 28.4 Å². The van der Waals surface area contributed by atoms with Crippen LogP contribution in [0.15, 0.2) is 0 Å². The molecule has 7 nitrogen and oxygen atoms in total. The van der Waals surface area contributed by atoms with Gasteiger partial charge in [-0.2, -0.15) is 0 Å². The van der Waals surface area contributed by atoms with Crippen LogP contribution in [0.1, 0.15) is 31.2 Å². The smallest absolute Gasteiger partial charge is 0.305 e. The van der Waals surface area contributed by atoms with Gasteiger partial charge in [0.1, 0.15) is 5.01 Å². The topological polar surface area (TPSA) is 104 Å². The molecule has 0 spiro atoms. The van der Waals surface area contributed by atoms with Crippen LogP contribution in [-0.4, -0.2) is 45.4 Å². The Labute approximate surface area is 114 Å². The maximum Gasteiger partial charge on any atom is 0.305 e. The zero-order chi connectivity index (χ0) is 14.3. The van der Waals surface area contributed by atoms with Gasteiger partial charge in [-0.1, -0.05) is 18.3 Å². The molecule has 0 amide bonds. The third kappa shape index (κ3) is 5.64. The summed E-state index contributed by atoms with van der Waals surface area (Å²) < 4.78 is 0. The first-order valence-corrected chi connectivity index (χ1v) is 6.85. The number of carbonyl (C=O) groups is 2. The number of rotatable bonds is 9. The number of aromatic nitrogens is 2. The van der Waals surface area contributed by atoms with Gasteiger partial charge in [0.15, 0.2) is 0 Å². The molecule has 0 aliphatic rings. The highest BCUT2D eigenvalue weighted by atomic mass is 32.1. The van der Waals surface area contributed by atoms with Crippen molar-refractivity contribution in [2.75, 3.05) is 18.0 Å². The molecular formula is C11H17N3O4S. The normalized spacial score (nSPS) is 10.4. The minimum absolute atomic E-state index is 0.00584. The first-order chi connectivity index (χ1) is 9.02. The molecule has 0 fully saturated rings. The Balaban J connectivity index is 2.61. The number of carboxylic acids is 2. The number of hydrogen-bond acceptors (Lipinski definition) is 6. The van der Waals surface area contributed by atoms with Crippen LogP contribution in [0.2, 0.25) is 0 Å². The highest BCUT2D eigenvalue weighted by Crippen LogP contribution is 2.21. The van der Waals surface area contributed by atoms with Gasteiger partial charge in [-0.15, -0.1) is 10.2 Å². The quantitative estimate of drug-likeness (QED) is 0.704. The summed E-state index contributed by atoms with van der Waals surface area (Å²) in [7, 11) is 0. The van der Waals surface area contributed by atoms with Gasteiger partial charge in [-0.05, 0) is 12.8 Å². The van der Waals surface area contributed by atoms with Gasteiger partial charge in [-0.3, -0.25) is 9.59 Å². The maximum atomic E-state index is 10.6. The molecule has 1 aromatic heterocycles. The molecule has 106 valence electrons. The van der Waals surface area contributed by atoms with E-state index in [-0.39, 0.29) is 12.8 Å². The Bertz CT molecular complexity index is 435. The summed E-state index contributed by atoms with van der Waals surface area (Å²) in [6.45, 7) is 2.75. The molecule has 1 heterocycles. The summed E-state index contributed by atoms with van der Waals surface area (Å²) >= 11 is 1.41. The summed E-state index contributed by atoms with van der Waals surface area (Å²) in [5.41, 5.74) is 0. The van der Waals surface area contributed by atoms with Gasteiger partial charge < -0.3 is 15.1 Å². The molecule has 0 aliphatic heterocycles. The molecule has 19 heavy (non-hydrogen) atoms. The monoisotopic (exact) mass is 287 g/mol. The summed E-state index contributed by atoms with van der Waals surface area (Å²) in [6, 6.07) is 0. The van der Waals surface area contributed by atoms with Crippen LogP contribution in [0, 0.1) is 0 Å². The number of nitrogens with zero attached hydrogens (tertiary/aromatic N) is 3. The fourth-order valence-corrected chi connectivity index (χ4v) is 2.30. The SMILES string of the molecule is CCc1nnc(N(CCCC(=O)O)CCC(=O)O)s1. The Morgan fingerprint density at radius 3 is 2.37 bits per heavy atom. The number of anilines is 1. The Morgan fingerprint density at radius 1 is 1.16 bits per heavy atom. The lowest BCUT2D eigenvalue weighted by Crippen LogP contribution is -2.27.